The summed E-state index contributed by atoms with van der Waals surface area (Å²) in [5.41, 5.74) is 2.26. The van der Waals surface area contributed by atoms with Crippen molar-refractivity contribution in [1.82, 2.24) is 0 Å². The van der Waals surface area contributed by atoms with Crippen LogP contribution in [-0.4, -0.2) is 31.0 Å². The fourth-order valence-corrected chi connectivity index (χ4v) is 3.92. The molecule has 9 heteroatoms. The number of carbonyl (C=O) groups excluding carboxylic acids is 1. The molecule has 0 aromatic heterocycles. The smallest absolute Gasteiger partial charge is 0.234 e. The number of para-hydroxylation sites is 1. The maximum Gasteiger partial charge on any atom is 0.234 e. The second-order valence-electron chi connectivity index (χ2n) is 6.49. The predicted octanol–water partition coefficient (Wildman–Crippen LogP) is 5.90. The number of amides is 1. The fourth-order valence-electron chi connectivity index (χ4n) is 2.74. The van der Waals surface area contributed by atoms with Crippen molar-refractivity contribution in [2.24, 2.45) is 0 Å². The molecule has 0 heterocycles. The molecule has 0 aliphatic carbocycles. The lowest BCUT2D eigenvalue weighted by Crippen LogP contribution is -2.18. The van der Waals surface area contributed by atoms with Gasteiger partial charge in [-0.25, -0.2) is 0 Å². The van der Waals surface area contributed by atoms with Crippen LogP contribution in [0.1, 0.15) is 0 Å². The summed E-state index contributed by atoms with van der Waals surface area (Å²) in [6, 6.07) is 20.6. The maximum atomic E-state index is 12.4. The Morgan fingerprint density at radius 1 is 0.906 bits per heavy atom. The SMILES string of the molecule is COc1cc(OC)c(NC(=O)CSc2ccc(NC(=S)Nc3ccccc3)cc2)cc1Cl. The van der Waals surface area contributed by atoms with Gasteiger partial charge in [-0.2, -0.15) is 0 Å². The van der Waals surface area contributed by atoms with Gasteiger partial charge < -0.3 is 25.4 Å². The van der Waals surface area contributed by atoms with Crippen LogP contribution in [-0.2, 0) is 4.79 Å². The largest absolute Gasteiger partial charge is 0.495 e. The van der Waals surface area contributed by atoms with Gasteiger partial charge >= 0.3 is 0 Å². The molecule has 32 heavy (non-hydrogen) atoms. The number of ether oxygens (including phenoxy) is 2. The zero-order valence-electron chi connectivity index (χ0n) is 17.5. The third-order valence-corrected chi connectivity index (χ3v) is 5.77. The number of halogens is 1. The van der Waals surface area contributed by atoms with Crippen LogP contribution in [0.3, 0.4) is 0 Å². The minimum atomic E-state index is -0.176. The Bertz CT molecular complexity index is 1080. The second-order valence-corrected chi connectivity index (χ2v) is 8.36. The number of methoxy groups -OCH3 is 2. The molecule has 3 rings (SSSR count). The zero-order valence-corrected chi connectivity index (χ0v) is 19.9. The molecular formula is C23H22ClN3O3S2. The van der Waals surface area contributed by atoms with Crippen molar-refractivity contribution < 1.29 is 14.3 Å². The highest BCUT2D eigenvalue weighted by atomic mass is 35.5. The van der Waals surface area contributed by atoms with Crippen LogP contribution < -0.4 is 25.4 Å². The zero-order chi connectivity index (χ0) is 22.9. The van der Waals surface area contributed by atoms with E-state index in [9.17, 15) is 4.79 Å². The summed E-state index contributed by atoms with van der Waals surface area (Å²) in [5, 5.41) is 9.97. The van der Waals surface area contributed by atoms with E-state index in [2.05, 4.69) is 16.0 Å². The Morgan fingerprint density at radius 3 is 2.16 bits per heavy atom. The Morgan fingerprint density at radius 2 is 1.53 bits per heavy atom. The molecule has 3 N–H and O–H groups in total. The van der Waals surface area contributed by atoms with Crippen LogP contribution in [0.5, 0.6) is 11.5 Å². The monoisotopic (exact) mass is 487 g/mol. The molecule has 166 valence electrons. The minimum Gasteiger partial charge on any atom is -0.495 e. The van der Waals surface area contributed by atoms with E-state index in [0.717, 1.165) is 16.3 Å². The third-order valence-electron chi connectivity index (χ3n) is 4.26. The number of thioether (sulfide) groups is 1. The number of carbonyl (C=O) groups is 1. The van der Waals surface area contributed by atoms with E-state index in [1.165, 1.54) is 26.0 Å². The lowest BCUT2D eigenvalue weighted by Gasteiger charge is -2.13. The van der Waals surface area contributed by atoms with E-state index in [4.69, 9.17) is 33.3 Å². The van der Waals surface area contributed by atoms with Gasteiger partial charge in [-0.15, -0.1) is 11.8 Å². The van der Waals surface area contributed by atoms with Crippen molar-refractivity contribution in [1.29, 1.82) is 0 Å². The number of thiocarbonyl (C=S) groups is 1. The van der Waals surface area contributed by atoms with E-state index in [0.29, 0.717) is 27.3 Å². The van der Waals surface area contributed by atoms with E-state index in [1.54, 1.807) is 12.1 Å². The van der Waals surface area contributed by atoms with Gasteiger partial charge in [0.05, 0.1) is 30.7 Å². The molecule has 0 aliphatic heterocycles. The Balaban J connectivity index is 1.51. The van der Waals surface area contributed by atoms with Gasteiger partial charge in [-0.05, 0) is 54.7 Å². The molecule has 6 nitrogen and oxygen atoms in total. The first-order valence-electron chi connectivity index (χ1n) is 9.56. The molecule has 0 spiro atoms. The van der Waals surface area contributed by atoms with Crippen LogP contribution in [0, 0.1) is 0 Å². The summed E-state index contributed by atoms with van der Waals surface area (Å²) in [6.07, 6.45) is 0. The van der Waals surface area contributed by atoms with Crippen molar-refractivity contribution in [2.45, 2.75) is 4.90 Å². The number of anilines is 3. The lowest BCUT2D eigenvalue weighted by atomic mass is 10.2. The number of benzene rings is 3. The summed E-state index contributed by atoms with van der Waals surface area (Å²) in [6.45, 7) is 0. The second kappa shape index (κ2) is 11.6. The molecule has 0 unspecified atom stereocenters. The highest BCUT2D eigenvalue weighted by Gasteiger charge is 2.13. The van der Waals surface area contributed by atoms with Gasteiger partial charge in [-0.3, -0.25) is 4.79 Å². The molecular weight excluding hydrogens is 466 g/mol. The quantitative estimate of drug-likeness (QED) is 0.270. The maximum absolute atomic E-state index is 12.4. The van der Waals surface area contributed by atoms with Gasteiger partial charge in [0.1, 0.15) is 11.5 Å². The molecule has 3 aromatic rings. The summed E-state index contributed by atoms with van der Waals surface area (Å²) in [4.78, 5) is 13.4. The van der Waals surface area contributed by atoms with Crippen LogP contribution in [0.15, 0.2) is 71.6 Å². The van der Waals surface area contributed by atoms with Crippen molar-refractivity contribution in [3.63, 3.8) is 0 Å². The van der Waals surface area contributed by atoms with Crippen molar-refractivity contribution in [3.05, 3.63) is 71.8 Å². The van der Waals surface area contributed by atoms with Crippen LogP contribution in [0.25, 0.3) is 0 Å². The molecule has 0 saturated carbocycles. The highest BCUT2D eigenvalue weighted by Crippen LogP contribution is 2.36. The molecule has 0 saturated heterocycles. The van der Waals surface area contributed by atoms with Crippen molar-refractivity contribution in [2.75, 3.05) is 35.9 Å². The lowest BCUT2D eigenvalue weighted by molar-refractivity contribution is -0.113. The summed E-state index contributed by atoms with van der Waals surface area (Å²) in [5.74, 6) is 1.00. The Hall–Kier alpha value is -2.94. The molecule has 0 bridgehead atoms. The summed E-state index contributed by atoms with van der Waals surface area (Å²) < 4.78 is 10.5. The van der Waals surface area contributed by atoms with Crippen LogP contribution in [0.2, 0.25) is 5.02 Å². The average Bonchev–Trinajstić information content (AvgIpc) is 2.79. The van der Waals surface area contributed by atoms with Gasteiger partial charge in [0, 0.05) is 22.3 Å². The molecule has 1 amide bonds. The molecule has 0 aliphatic rings. The molecule has 3 aromatic carbocycles. The van der Waals surface area contributed by atoms with Crippen molar-refractivity contribution in [3.8, 4) is 11.5 Å². The van der Waals surface area contributed by atoms with Crippen molar-refractivity contribution >= 4 is 63.7 Å². The number of hydrogen-bond acceptors (Lipinski definition) is 5. The van der Waals surface area contributed by atoms with E-state index in [-0.39, 0.29) is 11.7 Å². The standard InChI is InChI=1S/C23H22ClN3O3S2/c1-29-20-13-21(30-2)19(12-18(20)24)27-22(28)14-32-17-10-8-16(9-11-17)26-23(31)25-15-6-4-3-5-7-15/h3-13H,14H2,1-2H3,(H,27,28)(H2,25,26,31). The average molecular weight is 488 g/mol. The van der Waals surface area contributed by atoms with Crippen LogP contribution >= 0.6 is 35.6 Å². The van der Waals surface area contributed by atoms with Crippen LogP contribution in [0.4, 0.5) is 17.1 Å². The number of nitrogens with one attached hydrogen (secondary N) is 3. The van der Waals surface area contributed by atoms with Gasteiger partial charge in [0.2, 0.25) is 5.91 Å². The first-order chi connectivity index (χ1) is 15.5. The summed E-state index contributed by atoms with van der Waals surface area (Å²) >= 11 is 12.9. The Kier molecular flexibility index (Phi) is 8.61. The topological polar surface area (TPSA) is 71.6 Å². The molecule has 0 fully saturated rings. The Labute approximate surface area is 201 Å². The minimum absolute atomic E-state index is 0.176. The first-order valence-corrected chi connectivity index (χ1v) is 11.3. The highest BCUT2D eigenvalue weighted by molar-refractivity contribution is 8.00. The third kappa shape index (κ3) is 6.78. The predicted molar refractivity (Wildman–Crippen MR) is 137 cm³/mol. The van der Waals surface area contributed by atoms with Gasteiger partial charge in [0.15, 0.2) is 5.11 Å². The van der Waals surface area contributed by atoms with E-state index < -0.39 is 0 Å². The summed E-state index contributed by atoms with van der Waals surface area (Å²) in [7, 11) is 3.04. The number of hydrogen-bond donors (Lipinski definition) is 3. The fraction of sp³-hybridized carbons (Fsp3) is 0.130. The van der Waals surface area contributed by atoms with E-state index >= 15 is 0 Å². The number of rotatable bonds is 8. The molecule has 0 atom stereocenters. The first kappa shape index (κ1) is 23.7. The van der Waals surface area contributed by atoms with Gasteiger partial charge in [-0.1, -0.05) is 29.8 Å². The molecule has 0 radical (unpaired) electrons. The normalized spacial score (nSPS) is 10.2. The van der Waals surface area contributed by atoms with Gasteiger partial charge in [0.25, 0.3) is 0 Å². The van der Waals surface area contributed by atoms with E-state index in [1.807, 2.05) is 54.6 Å².